The van der Waals surface area contributed by atoms with Gasteiger partial charge in [-0.3, -0.25) is 0 Å². The van der Waals surface area contributed by atoms with Crippen LogP contribution in [0.3, 0.4) is 0 Å². The Morgan fingerprint density at radius 1 is 1.35 bits per heavy atom. The first kappa shape index (κ1) is 15.2. The quantitative estimate of drug-likeness (QED) is 0.749. The molecule has 2 amide bonds. The summed E-state index contributed by atoms with van der Waals surface area (Å²) < 4.78 is 0. The maximum absolute atomic E-state index is 11.6. The zero-order valence-electron chi connectivity index (χ0n) is 11.5. The first-order valence-electron chi connectivity index (χ1n) is 7.09. The molecule has 1 aromatic carbocycles. The summed E-state index contributed by atoms with van der Waals surface area (Å²) in [4.78, 5) is 11.6. The van der Waals surface area contributed by atoms with Crippen LogP contribution in [0.2, 0.25) is 0 Å². The van der Waals surface area contributed by atoms with Gasteiger partial charge in [-0.1, -0.05) is 30.3 Å². The van der Waals surface area contributed by atoms with Crippen LogP contribution in [0.5, 0.6) is 0 Å². The molecule has 1 fully saturated rings. The molecule has 2 atom stereocenters. The summed E-state index contributed by atoms with van der Waals surface area (Å²) in [5.41, 5.74) is 1.07. The maximum atomic E-state index is 11.6. The fraction of sp³-hybridized carbons (Fsp3) is 0.533. The molecule has 110 valence electrons. The van der Waals surface area contributed by atoms with Crippen molar-refractivity contribution < 1.29 is 9.90 Å². The average Bonchev–Trinajstić information content (AvgIpc) is 2.97. The third kappa shape index (κ3) is 5.43. The highest BCUT2D eigenvalue weighted by molar-refractivity contribution is 8.00. The van der Waals surface area contributed by atoms with Crippen LogP contribution < -0.4 is 10.6 Å². The van der Waals surface area contributed by atoms with Crippen LogP contribution in [0.4, 0.5) is 4.79 Å². The molecule has 0 aromatic heterocycles. The summed E-state index contributed by atoms with van der Waals surface area (Å²) >= 11 is 1.92. The van der Waals surface area contributed by atoms with Crippen molar-refractivity contribution >= 4 is 17.8 Å². The van der Waals surface area contributed by atoms with Crippen molar-refractivity contribution in [2.75, 3.05) is 18.8 Å². The van der Waals surface area contributed by atoms with Crippen molar-refractivity contribution in [1.29, 1.82) is 0 Å². The van der Waals surface area contributed by atoms with Crippen LogP contribution in [0, 0.1) is 0 Å². The van der Waals surface area contributed by atoms with Crippen LogP contribution >= 0.6 is 11.8 Å². The molecule has 20 heavy (non-hydrogen) atoms. The van der Waals surface area contributed by atoms with Crippen molar-refractivity contribution in [1.82, 2.24) is 10.6 Å². The number of hydrogen-bond acceptors (Lipinski definition) is 3. The Morgan fingerprint density at radius 3 is 2.85 bits per heavy atom. The Labute approximate surface area is 124 Å². The molecule has 0 spiro atoms. The number of aliphatic hydroxyl groups excluding tert-OH is 1. The van der Waals surface area contributed by atoms with E-state index in [1.165, 1.54) is 18.6 Å². The summed E-state index contributed by atoms with van der Waals surface area (Å²) in [7, 11) is 0. The Morgan fingerprint density at radius 2 is 2.15 bits per heavy atom. The molecular weight excluding hydrogens is 272 g/mol. The summed E-state index contributed by atoms with van der Waals surface area (Å²) in [6.07, 6.45) is 2.43. The molecule has 1 heterocycles. The summed E-state index contributed by atoms with van der Waals surface area (Å²) in [5, 5.41) is 16.0. The highest BCUT2D eigenvalue weighted by atomic mass is 32.2. The zero-order chi connectivity index (χ0) is 14.2. The van der Waals surface area contributed by atoms with Crippen LogP contribution in [0.1, 0.15) is 18.4 Å². The molecule has 0 aliphatic carbocycles. The Hall–Kier alpha value is -1.20. The van der Waals surface area contributed by atoms with E-state index in [1.54, 1.807) is 0 Å². The van der Waals surface area contributed by atoms with E-state index in [0.29, 0.717) is 18.2 Å². The van der Waals surface area contributed by atoms with Gasteiger partial charge in [0.15, 0.2) is 0 Å². The zero-order valence-corrected chi connectivity index (χ0v) is 12.4. The third-order valence-corrected chi connectivity index (χ3v) is 4.72. The number of aliphatic hydroxyl groups is 1. The largest absolute Gasteiger partial charge is 0.391 e. The van der Waals surface area contributed by atoms with Crippen molar-refractivity contribution in [3.8, 4) is 0 Å². The van der Waals surface area contributed by atoms with Gasteiger partial charge in [0.2, 0.25) is 0 Å². The molecule has 0 radical (unpaired) electrons. The first-order chi connectivity index (χ1) is 9.74. The van der Waals surface area contributed by atoms with Crippen molar-refractivity contribution in [2.24, 2.45) is 0 Å². The van der Waals surface area contributed by atoms with Gasteiger partial charge in [-0.2, -0.15) is 11.8 Å². The van der Waals surface area contributed by atoms with Gasteiger partial charge in [-0.25, -0.2) is 4.79 Å². The molecule has 1 aromatic rings. The van der Waals surface area contributed by atoms with E-state index in [0.717, 1.165) is 5.56 Å². The Kier molecular flexibility index (Phi) is 6.21. The number of carbonyl (C=O) groups excluding carboxylic acids is 1. The lowest BCUT2D eigenvalue weighted by Crippen LogP contribution is -2.42. The van der Waals surface area contributed by atoms with Gasteiger partial charge in [-0.05, 0) is 24.2 Å². The molecule has 2 unspecified atom stereocenters. The van der Waals surface area contributed by atoms with Gasteiger partial charge in [0.25, 0.3) is 0 Å². The molecule has 0 bridgehead atoms. The average molecular weight is 294 g/mol. The number of thioether (sulfide) groups is 1. The van der Waals surface area contributed by atoms with Crippen molar-refractivity contribution in [3.63, 3.8) is 0 Å². The lowest BCUT2D eigenvalue weighted by molar-refractivity contribution is 0.170. The maximum Gasteiger partial charge on any atom is 0.314 e. The number of rotatable bonds is 6. The van der Waals surface area contributed by atoms with E-state index in [1.807, 2.05) is 42.1 Å². The van der Waals surface area contributed by atoms with E-state index < -0.39 is 6.10 Å². The smallest absolute Gasteiger partial charge is 0.314 e. The Bertz CT molecular complexity index is 408. The molecule has 3 N–H and O–H groups in total. The van der Waals surface area contributed by atoms with Crippen LogP contribution in [0.15, 0.2) is 30.3 Å². The van der Waals surface area contributed by atoms with Gasteiger partial charge in [-0.15, -0.1) is 0 Å². The van der Waals surface area contributed by atoms with Crippen LogP contribution in [0.25, 0.3) is 0 Å². The minimum Gasteiger partial charge on any atom is -0.391 e. The second kappa shape index (κ2) is 8.17. The fourth-order valence-electron chi connectivity index (χ4n) is 2.24. The fourth-order valence-corrected chi connectivity index (χ4v) is 3.44. The second-order valence-electron chi connectivity index (χ2n) is 5.07. The molecule has 5 heteroatoms. The van der Waals surface area contributed by atoms with E-state index in [-0.39, 0.29) is 12.6 Å². The summed E-state index contributed by atoms with van der Waals surface area (Å²) in [5.74, 6) is 1.20. The number of nitrogens with one attached hydrogen (secondary N) is 2. The van der Waals surface area contributed by atoms with Gasteiger partial charge in [0.05, 0.1) is 6.10 Å². The number of hydrogen-bond donors (Lipinski definition) is 3. The first-order valence-corrected chi connectivity index (χ1v) is 8.14. The Balaban J connectivity index is 1.60. The second-order valence-corrected chi connectivity index (χ2v) is 6.48. The standard InChI is InChI=1S/C15H22N2O2S/c18-13(9-12-5-2-1-3-6-12)10-16-15(19)17-11-14-7-4-8-20-14/h1-3,5-6,13-14,18H,4,7-11H2,(H2,16,17,19). The highest BCUT2D eigenvalue weighted by Gasteiger charge is 2.16. The number of carbonyl (C=O) groups is 1. The molecule has 2 rings (SSSR count). The lowest BCUT2D eigenvalue weighted by atomic mass is 10.1. The van der Waals surface area contributed by atoms with Gasteiger partial charge >= 0.3 is 6.03 Å². The SMILES string of the molecule is O=C(NCC(O)Cc1ccccc1)NCC1CCCS1. The molecule has 1 saturated heterocycles. The normalized spacial score (nSPS) is 19.6. The van der Waals surface area contributed by atoms with Gasteiger partial charge in [0.1, 0.15) is 0 Å². The molecule has 1 aliphatic rings. The van der Waals surface area contributed by atoms with E-state index in [4.69, 9.17) is 0 Å². The van der Waals surface area contributed by atoms with Crippen molar-refractivity contribution in [2.45, 2.75) is 30.6 Å². The summed E-state index contributed by atoms with van der Waals surface area (Å²) in [6.45, 7) is 0.990. The van der Waals surface area contributed by atoms with E-state index >= 15 is 0 Å². The number of amides is 2. The predicted octanol–water partition coefficient (Wildman–Crippen LogP) is 1.78. The highest BCUT2D eigenvalue weighted by Crippen LogP contribution is 2.25. The molecular formula is C15H22N2O2S. The minimum atomic E-state index is -0.552. The third-order valence-electron chi connectivity index (χ3n) is 3.33. The molecule has 1 aliphatic heterocycles. The van der Waals surface area contributed by atoms with Crippen LogP contribution in [-0.4, -0.2) is 41.3 Å². The predicted molar refractivity (Wildman–Crippen MR) is 83.0 cm³/mol. The molecule has 0 saturated carbocycles. The minimum absolute atomic E-state index is 0.190. The lowest BCUT2D eigenvalue weighted by Gasteiger charge is -2.14. The van der Waals surface area contributed by atoms with E-state index in [9.17, 15) is 9.90 Å². The molecule has 4 nitrogen and oxygen atoms in total. The van der Waals surface area contributed by atoms with Crippen molar-refractivity contribution in [3.05, 3.63) is 35.9 Å². The number of urea groups is 1. The van der Waals surface area contributed by atoms with E-state index in [2.05, 4.69) is 10.6 Å². The van der Waals surface area contributed by atoms with Gasteiger partial charge in [0, 0.05) is 24.8 Å². The summed E-state index contributed by atoms with van der Waals surface area (Å²) in [6, 6.07) is 9.59. The number of benzene rings is 1. The van der Waals surface area contributed by atoms with Gasteiger partial charge < -0.3 is 15.7 Å². The monoisotopic (exact) mass is 294 g/mol. The topological polar surface area (TPSA) is 61.4 Å². The van der Waals surface area contributed by atoms with Crippen LogP contribution in [-0.2, 0) is 6.42 Å².